The summed E-state index contributed by atoms with van der Waals surface area (Å²) in [7, 11) is 0. The van der Waals surface area contributed by atoms with Crippen LogP contribution in [0.3, 0.4) is 0 Å². The van der Waals surface area contributed by atoms with Gasteiger partial charge in [0, 0.05) is 5.02 Å². The zero-order valence-electron chi connectivity index (χ0n) is 10.1. The average Bonchev–Trinajstić information content (AvgIpc) is 2.29. The van der Waals surface area contributed by atoms with Gasteiger partial charge in [-0.2, -0.15) is 0 Å². The first-order chi connectivity index (χ1) is 7.72. The maximum absolute atomic E-state index is 6.01. The standard InChI is InChI=1S/C14H20ClN/c1-3-11-9-16-7-6-14(11)13-5-4-12(15)8-10(13)2/h4-5,8,11,14,16H,3,6-7,9H2,1-2H3. The van der Waals surface area contributed by atoms with Gasteiger partial charge in [-0.25, -0.2) is 0 Å². The molecule has 2 rings (SSSR count). The topological polar surface area (TPSA) is 12.0 Å². The molecule has 16 heavy (non-hydrogen) atoms. The Morgan fingerprint density at radius 1 is 1.44 bits per heavy atom. The molecule has 1 aliphatic rings. The van der Waals surface area contributed by atoms with Gasteiger partial charge in [0.1, 0.15) is 0 Å². The Hall–Kier alpha value is -0.530. The molecular formula is C14H20ClN. The second kappa shape index (κ2) is 5.20. The molecular weight excluding hydrogens is 218 g/mol. The zero-order valence-corrected chi connectivity index (χ0v) is 10.8. The van der Waals surface area contributed by atoms with E-state index in [-0.39, 0.29) is 0 Å². The summed E-state index contributed by atoms with van der Waals surface area (Å²) in [5, 5.41) is 4.34. The van der Waals surface area contributed by atoms with Crippen LogP contribution in [0.25, 0.3) is 0 Å². The Morgan fingerprint density at radius 2 is 2.25 bits per heavy atom. The van der Waals surface area contributed by atoms with Crippen LogP contribution < -0.4 is 5.32 Å². The molecule has 1 aromatic carbocycles. The molecule has 1 nitrogen and oxygen atoms in total. The van der Waals surface area contributed by atoms with Gasteiger partial charge in [-0.3, -0.25) is 0 Å². The van der Waals surface area contributed by atoms with E-state index in [0.717, 1.165) is 24.0 Å². The number of aryl methyl sites for hydroxylation is 1. The monoisotopic (exact) mass is 237 g/mol. The van der Waals surface area contributed by atoms with Crippen LogP contribution in [-0.2, 0) is 0 Å². The highest BCUT2D eigenvalue weighted by Crippen LogP contribution is 2.34. The van der Waals surface area contributed by atoms with E-state index in [1.807, 2.05) is 6.07 Å². The van der Waals surface area contributed by atoms with Gasteiger partial charge in [-0.1, -0.05) is 31.0 Å². The molecule has 0 bridgehead atoms. The Labute approximate surface area is 103 Å². The normalized spacial score (nSPS) is 25.7. The maximum Gasteiger partial charge on any atom is 0.0408 e. The van der Waals surface area contributed by atoms with Gasteiger partial charge in [-0.05, 0) is 61.5 Å². The number of nitrogens with one attached hydrogen (secondary N) is 1. The van der Waals surface area contributed by atoms with Crippen molar-refractivity contribution in [3.05, 3.63) is 34.3 Å². The van der Waals surface area contributed by atoms with Crippen LogP contribution in [-0.4, -0.2) is 13.1 Å². The molecule has 88 valence electrons. The van der Waals surface area contributed by atoms with Crippen LogP contribution in [0.1, 0.15) is 36.8 Å². The quantitative estimate of drug-likeness (QED) is 0.826. The summed E-state index contributed by atoms with van der Waals surface area (Å²) >= 11 is 6.01. The zero-order chi connectivity index (χ0) is 11.5. The lowest BCUT2D eigenvalue weighted by Gasteiger charge is -2.32. The summed E-state index contributed by atoms with van der Waals surface area (Å²) < 4.78 is 0. The van der Waals surface area contributed by atoms with Crippen molar-refractivity contribution in [1.29, 1.82) is 0 Å². The van der Waals surface area contributed by atoms with Crippen molar-refractivity contribution in [2.24, 2.45) is 5.92 Å². The molecule has 1 N–H and O–H groups in total. The minimum Gasteiger partial charge on any atom is -0.316 e. The Balaban J connectivity index is 2.27. The van der Waals surface area contributed by atoms with Crippen LogP contribution in [0, 0.1) is 12.8 Å². The van der Waals surface area contributed by atoms with Gasteiger partial charge in [0.05, 0.1) is 0 Å². The van der Waals surface area contributed by atoms with Crippen LogP contribution in [0.2, 0.25) is 5.02 Å². The van der Waals surface area contributed by atoms with Crippen molar-refractivity contribution in [3.8, 4) is 0 Å². The Morgan fingerprint density at radius 3 is 2.94 bits per heavy atom. The molecule has 0 amide bonds. The molecule has 1 heterocycles. The third-order valence-electron chi connectivity index (χ3n) is 3.76. The highest BCUT2D eigenvalue weighted by atomic mass is 35.5. The van der Waals surface area contributed by atoms with E-state index in [1.165, 1.54) is 24.0 Å². The van der Waals surface area contributed by atoms with Gasteiger partial charge in [0.25, 0.3) is 0 Å². The number of benzene rings is 1. The second-order valence-electron chi connectivity index (χ2n) is 4.77. The lowest BCUT2D eigenvalue weighted by atomic mass is 9.78. The van der Waals surface area contributed by atoms with E-state index in [0.29, 0.717) is 5.92 Å². The SMILES string of the molecule is CCC1CNCCC1c1ccc(Cl)cc1C. The number of halogens is 1. The van der Waals surface area contributed by atoms with E-state index in [9.17, 15) is 0 Å². The summed E-state index contributed by atoms with van der Waals surface area (Å²) in [6.45, 7) is 6.76. The van der Waals surface area contributed by atoms with E-state index < -0.39 is 0 Å². The van der Waals surface area contributed by atoms with E-state index in [4.69, 9.17) is 11.6 Å². The van der Waals surface area contributed by atoms with Crippen LogP contribution in [0.15, 0.2) is 18.2 Å². The van der Waals surface area contributed by atoms with Gasteiger partial charge >= 0.3 is 0 Å². The lowest BCUT2D eigenvalue weighted by Crippen LogP contribution is -2.35. The minimum atomic E-state index is 0.712. The third kappa shape index (κ3) is 2.41. The number of hydrogen-bond acceptors (Lipinski definition) is 1. The molecule has 1 aliphatic heterocycles. The molecule has 2 atom stereocenters. The van der Waals surface area contributed by atoms with E-state index in [2.05, 4.69) is 31.3 Å². The predicted molar refractivity (Wildman–Crippen MR) is 70.2 cm³/mol. The highest BCUT2D eigenvalue weighted by Gasteiger charge is 2.25. The molecule has 2 heteroatoms. The fourth-order valence-corrected chi connectivity index (χ4v) is 3.04. The van der Waals surface area contributed by atoms with Crippen LogP contribution in [0.4, 0.5) is 0 Å². The number of piperidine rings is 1. The van der Waals surface area contributed by atoms with Crippen molar-refractivity contribution in [1.82, 2.24) is 5.32 Å². The number of rotatable bonds is 2. The van der Waals surface area contributed by atoms with Crippen LogP contribution in [0.5, 0.6) is 0 Å². The Kier molecular flexibility index (Phi) is 3.88. The fourth-order valence-electron chi connectivity index (χ4n) is 2.82. The summed E-state index contributed by atoms with van der Waals surface area (Å²) in [5.74, 6) is 1.48. The molecule has 0 spiro atoms. The summed E-state index contributed by atoms with van der Waals surface area (Å²) in [6.07, 6.45) is 2.50. The van der Waals surface area contributed by atoms with Crippen molar-refractivity contribution in [2.75, 3.05) is 13.1 Å². The number of hydrogen-bond donors (Lipinski definition) is 1. The first-order valence-corrected chi connectivity index (χ1v) is 6.57. The second-order valence-corrected chi connectivity index (χ2v) is 5.20. The van der Waals surface area contributed by atoms with Gasteiger partial charge in [0.2, 0.25) is 0 Å². The molecule has 1 fully saturated rings. The van der Waals surface area contributed by atoms with Crippen molar-refractivity contribution >= 4 is 11.6 Å². The van der Waals surface area contributed by atoms with Gasteiger partial charge in [-0.15, -0.1) is 0 Å². The lowest BCUT2D eigenvalue weighted by molar-refractivity contribution is 0.317. The summed E-state index contributed by atoms with van der Waals surface area (Å²) in [6, 6.07) is 6.33. The fraction of sp³-hybridized carbons (Fsp3) is 0.571. The van der Waals surface area contributed by atoms with E-state index in [1.54, 1.807) is 0 Å². The highest BCUT2D eigenvalue weighted by molar-refractivity contribution is 6.30. The molecule has 0 radical (unpaired) electrons. The van der Waals surface area contributed by atoms with E-state index >= 15 is 0 Å². The first-order valence-electron chi connectivity index (χ1n) is 6.19. The molecule has 1 saturated heterocycles. The van der Waals surface area contributed by atoms with Crippen molar-refractivity contribution < 1.29 is 0 Å². The van der Waals surface area contributed by atoms with Gasteiger partial charge < -0.3 is 5.32 Å². The minimum absolute atomic E-state index is 0.712. The smallest absolute Gasteiger partial charge is 0.0408 e. The largest absolute Gasteiger partial charge is 0.316 e. The summed E-state index contributed by atoms with van der Waals surface area (Å²) in [5.41, 5.74) is 2.84. The molecule has 1 aromatic rings. The predicted octanol–water partition coefficient (Wildman–Crippen LogP) is 3.75. The molecule has 2 unspecified atom stereocenters. The average molecular weight is 238 g/mol. The van der Waals surface area contributed by atoms with Crippen LogP contribution >= 0.6 is 11.6 Å². The molecule has 0 saturated carbocycles. The summed E-state index contributed by atoms with van der Waals surface area (Å²) in [4.78, 5) is 0. The van der Waals surface area contributed by atoms with Gasteiger partial charge in [0.15, 0.2) is 0 Å². The van der Waals surface area contributed by atoms with Crippen molar-refractivity contribution in [3.63, 3.8) is 0 Å². The Bertz CT molecular complexity index is 362. The molecule has 0 aliphatic carbocycles. The first kappa shape index (κ1) is 11.9. The molecule has 0 aromatic heterocycles. The maximum atomic E-state index is 6.01. The van der Waals surface area contributed by atoms with Crippen molar-refractivity contribution in [2.45, 2.75) is 32.6 Å². The third-order valence-corrected chi connectivity index (χ3v) is 4.00.